The normalized spacial score (nSPS) is 14.5. The average molecular weight is 306 g/mol. The quantitative estimate of drug-likeness (QED) is 0.848. The van der Waals surface area contributed by atoms with E-state index >= 15 is 0 Å². The second-order valence-electron chi connectivity index (χ2n) is 7.35. The van der Waals surface area contributed by atoms with Crippen molar-refractivity contribution in [3.05, 3.63) is 29.8 Å². The lowest BCUT2D eigenvalue weighted by atomic mass is 9.86. The van der Waals surface area contributed by atoms with Crippen LogP contribution in [0.1, 0.15) is 53.1 Å². The topological polar surface area (TPSA) is 64.3 Å². The summed E-state index contributed by atoms with van der Waals surface area (Å²) in [4.78, 5) is 12.2. The minimum atomic E-state index is -0.524. The molecule has 0 saturated heterocycles. The molecule has 0 aliphatic rings. The molecule has 3 N–H and O–H groups in total. The van der Waals surface area contributed by atoms with Crippen molar-refractivity contribution in [2.45, 2.75) is 53.6 Å². The van der Waals surface area contributed by atoms with E-state index in [9.17, 15) is 4.79 Å². The molecule has 0 bridgehead atoms. The Hall–Kier alpha value is -1.55. The third-order valence-corrected chi connectivity index (χ3v) is 3.54. The third-order valence-electron chi connectivity index (χ3n) is 3.54. The van der Waals surface area contributed by atoms with Gasteiger partial charge in [0.15, 0.2) is 0 Å². The van der Waals surface area contributed by atoms with Crippen LogP contribution >= 0.6 is 0 Å². The highest BCUT2D eigenvalue weighted by Gasteiger charge is 2.28. The van der Waals surface area contributed by atoms with E-state index in [1.807, 2.05) is 52.0 Å². The molecule has 2 atom stereocenters. The Morgan fingerprint density at radius 3 is 2.18 bits per heavy atom. The van der Waals surface area contributed by atoms with Crippen molar-refractivity contribution in [3.8, 4) is 5.75 Å². The summed E-state index contributed by atoms with van der Waals surface area (Å²) in [6, 6.07) is 7.21. The van der Waals surface area contributed by atoms with Crippen LogP contribution in [0.4, 0.5) is 0 Å². The summed E-state index contributed by atoms with van der Waals surface area (Å²) in [5.74, 6) is 1.22. The van der Waals surface area contributed by atoms with Crippen LogP contribution in [-0.4, -0.2) is 18.6 Å². The maximum absolute atomic E-state index is 12.2. The number of carbonyl (C=O) groups excluding carboxylic acids is 1. The Balaban J connectivity index is 2.62. The number of hydrogen-bond acceptors (Lipinski definition) is 3. The standard InChI is InChI=1S/C18H30N2O2/c1-12(2)11-22-15-9-7-14(8-10-15)13(3)20-17(21)16(19)18(4,5)6/h7-10,12-13,16H,11,19H2,1-6H3,(H,20,21)/t13?,16-/m1/s1. The zero-order valence-corrected chi connectivity index (χ0v) is 14.6. The first-order valence-electron chi connectivity index (χ1n) is 7.90. The molecular formula is C18H30N2O2. The highest BCUT2D eigenvalue weighted by Crippen LogP contribution is 2.21. The molecule has 0 aliphatic heterocycles. The summed E-state index contributed by atoms with van der Waals surface area (Å²) in [6.07, 6.45) is 0. The molecule has 0 heterocycles. The van der Waals surface area contributed by atoms with Crippen LogP contribution in [0.15, 0.2) is 24.3 Å². The van der Waals surface area contributed by atoms with E-state index in [0.29, 0.717) is 12.5 Å². The molecule has 22 heavy (non-hydrogen) atoms. The Morgan fingerprint density at radius 2 is 1.73 bits per heavy atom. The summed E-state index contributed by atoms with van der Waals surface area (Å²) in [7, 11) is 0. The van der Waals surface area contributed by atoms with Crippen molar-refractivity contribution in [3.63, 3.8) is 0 Å². The zero-order chi connectivity index (χ0) is 16.9. The lowest BCUT2D eigenvalue weighted by molar-refractivity contribution is -0.125. The number of benzene rings is 1. The van der Waals surface area contributed by atoms with Crippen molar-refractivity contribution in [2.24, 2.45) is 17.1 Å². The molecule has 1 unspecified atom stereocenters. The van der Waals surface area contributed by atoms with E-state index in [0.717, 1.165) is 11.3 Å². The first kappa shape index (κ1) is 18.5. The summed E-state index contributed by atoms with van der Waals surface area (Å²) in [5.41, 5.74) is 6.76. The molecule has 4 heteroatoms. The molecule has 4 nitrogen and oxygen atoms in total. The van der Waals surface area contributed by atoms with E-state index in [1.165, 1.54) is 0 Å². The molecule has 0 aliphatic carbocycles. The van der Waals surface area contributed by atoms with Gasteiger partial charge in [-0.25, -0.2) is 0 Å². The Bertz CT molecular complexity index is 475. The Labute approximate surface area is 134 Å². The predicted molar refractivity (Wildman–Crippen MR) is 90.8 cm³/mol. The van der Waals surface area contributed by atoms with Gasteiger partial charge in [0.25, 0.3) is 0 Å². The van der Waals surface area contributed by atoms with Gasteiger partial charge in [-0.2, -0.15) is 0 Å². The van der Waals surface area contributed by atoms with Gasteiger partial charge in [0.2, 0.25) is 5.91 Å². The molecule has 0 fully saturated rings. The molecule has 0 saturated carbocycles. The summed E-state index contributed by atoms with van der Waals surface area (Å²) >= 11 is 0. The van der Waals surface area contributed by atoms with Crippen molar-refractivity contribution >= 4 is 5.91 Å². The fraction of sp³-hybridized carbons (Fsp3) is 0.611. The molecule has 0 radical (unpaired) electrons. The smallest absolute Gasteiger partial charge is 0.237 e. The van der Waals surface area contributed by atoms with E-state index in [-0.39, 0.29) is 17.4 Å². The minimum absolute atomic E-state index is 0.0833. The monoisotopic (exact) mass is 306 g/mol. The number of nitrogens with one attached hydrogen (secondary N) is 1. The third kappa shape index (κ3) is 5.68. The van der Waals surface area contributed by atoms with Crippen LogP contribution in [0.2, 0.25) is 0 Å². The van der Waals surface area contributed by atoms with Gasteiger partial charge in [-0.15, -0.1) is 0 Å². The number of rotatable bonds is 6. The van der Waals surface area contributed by atoms with Gasteiger partial charge in [-0.1, -0.05) is 46.8 Å². The molecule has 1 rings (SSSR count). The molecule has 1 aromatic rings. The highest BCUT2D eigenvalue weighted by molar-refractivity contribution is 5.82. The molecule has 124 valence electrons. The Kier molecular flexibility index (Phi) is 6.42. The maximum atomic E-state index is 12.2. The number of carbonyl (C=O) groups is 1. The molecular weight excluding hydrogens is 276 g/mol. The van der Waals surface area contributed by atoms with Crippen LogP contribution in [0, 0.1) is 11.3 Å². The van der Waals surface area contributed by atoms with E-state index in [1.54, 1.807) is 0 Å². The molecule has 0 spiro atoms. The van der Waals surface area contributed by atoms with Gasteiger partial charge in [0.1, 0.15) is 5.75 Å². The predicted octanol–water partition coefficient (Wildman–Crippen LogP) is 3.27. The van der Waals surface area contributed by atoms with Crippen LogP contribution in [0.25, 0.3) is 0 Å². The fourth-order valence-electron chi connectivity index (χ4n) is 1.90. The van der Waals surface area contributed by atoms with E-state index in [4.69, 9.17) is 10.5 Å². The second-order valence-corrected chi connectivity index (χ2v) is 7.35. The van der Waals surface area contributed by atoms with Crippen molar-refractivity contribution in [1.29, 1.82) is 0 Å². The van der Waals surface area contributed by atoms with Crippen LogP contribution in [0.3, 0.4) is 0 Å². The number of amides is 1. The molecule has 1 aromatic carbocycles. The summed E-state index contributed by atoms with van der Waals surface area (Å²) in [5, 5.41) is 2.97. The number of ether oxygens (including phenoxy) is 1. The van der Waals surface area contributed by atoms with E-state index in [2.05, 4.69) is 19.2 Å². The van der Waals surface area contributed by atoms with Crippen molar-refractivity contribution in [1.82, 2.24) is 5.32 Å². The van der Waals surface area contributed by atoms with Crippen LogP contribution < -0.4 is 15.8 Å². The van der Waals surface area contributed by atoms with Crippen molar-refractivity contribution in [2.75, 3.05) is 6.61 Å². The minimum Gasteiger partial charge on any atom is -0.493 e. The van der Waals surface area contributed by atoms with Gasteiger partial charge in [-0.3, -0.25) is 4.79 Å². The van der Waals surface area contributed by atoms with Gasteiger partial charge in [0, 0.05) is 0 Å². The van der Waals surface area contributed by atoms with Gasteiger partial charge in [0.05, 0.1) is 18.7 Å². The fourth-order valence-corrected chi connectivity index (χ4v) is 1.90. The van der Waals surface area contributed by atoms with Crippen LogP contribution in [0.5, 0.6) is 5.75 Å². The average Bonchev–Trinajstić information content (AvgIpc) is 2.43. The zero-order valence-electron chi connectivity index (χ0n) is 14.6. The second kappa shape index (κ2) is 7.63. The van der Waals surface area contributed by atoms with Crippen LogP contribution in [-0.2, 0) is 4.79 Å². The van der Waals surface area contributed by atoms with Crippen molar-refractivity contribution < 1.29 is 9.53 Å². The number of hydrogen-bond donors (Lipinski definition) is 2. The summed E-state index contributed by atoms with van der Waals surface area (Å²) < 4.78 is 5.66. The van der Waals surface area contributed by atoms with Gasteiger partial charge >= 0.3 is 0 Å². The van der Waals surface area contributed by atoms with Gasteiger partial charge < -0.3 is 15.8 Å². The highest BCUT2D eigenvalue weighted by atomic mass is 16.5. The first-order valence-corrected chi connectivity index (χ1v) is 7.90. The van der Waals surface area contributed by atoms with E-state index < -0.39 is 6.04 Å². The molecule has 0 aromatic heterocycles. The first-order chi connectivity index (χ1) is 10.1. The Morgan fingerprint density at radius 1 is 1.18 bits per heavy atom. The lowest BCUT2D eigenvalue weighted by Crippen LogP contribution is -2.49. The number of nitrogens with two attached hydrogens (primary N) is 1. The summed E-state index contributed by atoms with van der Waals surface area (Å²) in [6.45, 7) is 12.8. The lowest BCUT2D eigenvalue weighted by Gasteiger charge is -2.27. The van der Waals surface area contributed by atoms with Gasteiger partial charge in [-0.05, 0) is 36.0 Å². The molecule has 1 amide bonds. The SMILES string of the molecule is CC(C)COc1ccc(C(C)NC(=O)[C@@H](N)C(C)(C)C)cc1. The maximum Gasteiger partial charge on any atom is 0.237 e. The largest absolute Gasteiger partial charge is 0.493 e.